The summed E-state index contributed by atoms with van der Waals surface area (Å²) in [5, 5.41) is 3.05. The van der Waals surface area contributed by atoms with E-state index in [1.165, 1.54) is 18.2 Å². The summed E-state index contributed by atoms with van der Waals surface area (Å²) in [6.45, 7) is 2.56. The standard InChI is InChI=1S/C13H20ClNO4S2/c1-10(6-7-14)9-15-12-5-4-11(20(2,16)17)8-13(12)21(3,18)19/h4-5,8,10,15H,6-7,9H2,1-3H3. The highest BCUT2D eigenvalue weighted by Crippen LogP contribution is 2.25. The lowest BCUT2D eigenvalue weighted by Crippen LogP contribution is -2.14. The third kappa shape index (κ3) is 5.48. The van der Waals surface area contributed by atoms with Crippen LogP contribution in [0, 0.1) is 5.92 Å². The molecule has 0 bridgehead atoms. The van der Waals surface area contributed by atoms with Crippen LogP contribution in [0.15, 0.2) is 28.0 Å². The van der Waals surface area contributed by atoms with E-state index in [0.29, 0.717) is 18.1 Å². The van der Waals surface area contributed by atoms with Crippen molar-refractivity contribution in [3.63, 3.8) is 0 Å². The number of rotatable bonds is 7. The Bertz CT molecular complexity index is 699. The molecule has 0 aliphatic heterocycles. The quantitative estimate of drug-likeness (QED) is 0.760. The van der Waals surface area contributed by atoms with Crippen molar-refractivity contribution in [3.8, 4) is 0 Å². The van der Waals surface area contributed by atoms with Crippen LogP contribution in [0.1, 0.15) is 13.3 Å². The van der Waals surface area contributed by atoms with E-state index in [2.05, 4.69) is 5.32 Å². The van der Waals surface area contributed by atoms with Crippen molar-refractivity contribution >= 4 is 37.0 Å². The van der Waals surface area contributed by atoms with E-state index in [0.717, 1.165) is 18.9 Å². The molecule has 0 aliphatic carbocycles. The van der Waals surface area contributed by atoms with E-state index in [9.17, 15) is 16.8 Å². The van der Waals surface area contributed by atoms with Gasteiger partial charge in [-0.25, -0.2) is 16.8 Å². The van der Waals surface area contributed by atoms with Crippen LogP contribution >= 0.6 is 11.6 Å². The molecule has 0 heterocycles. The summed E-state index contributed by atoms with van der Waals surface area (Å²) < 4.78 is 46.8. The van der Waals surface area contributed by atoms with Crippen LogP contribution in [0.5, 0.6) is 0 Å². The fourth-order valence-electron chi connectivity index (χ4n) is 1.76. The number of sulfone groups is 2. The minimum absolute atomic E-state index is 0.0106. The monoisotopic (exact) mass is 353 g/mol. The number of nitrogens with one attached hydrogen (secondary N) is 1. The van der Waals surface area contributed by atoms with E-state index in [4.69, 9.17) is 11.6 Å². The van der Waals surface area contributed by atoms with Gasteiger partial charge in [-0.1, -0.05) is 6.92 Å². The van der Waals surface area contributed by atoms with Crippen LogP contribution in [0.25, 0.3) is 0 Å². The van der Waals surface area contributed by atoms with Crippen LogP contribution in [0.2, 0.25) is 0 Å². The normalized spacial score (nSPS) is 13.9. The minimum Gasteiger partial charge on any atom is -0.384 e. The molecule has 21 heavy (non-hydrogen) atoms. The molecule has 0 aromatic heterocycles. The second-order valence-corrected chi connectivity index (χ2v) is 9.54. The highest BCUT2D eigenvalue weighted by molar-refractivity contribution is 7.91. The SMILES string of the molecule is CC(CCCl)CNc1ccc(S(C)(=O)=O)cc1S(C)(=O)=O. The van der Waals surface area contributed by atoms with E-state index >= 15 is 0 Å². The molecule has 0 saturated heterocycles. The van der Waals surface area contributed by atoms with Gasteiger partial charge in [-0.15, -0.1) is 11.6 Å². The highest BCUT2D eigenvalue weighted by Gasteiger charge is 2.18. The van der Waals surface area contributed by atoms with Gasteiger partial charge in [0.05, 0.1) is 15.5 Å². The highest BCUT2D eigenvalue weighted by atomic mass is 35.5. The number of alkyl halides is 1. The average molecular weight is 354 g/mol. The molecule has 0 spiro atoms. The van der Waals surface area contributed by atoms with Crippen LogP contribution in [-0.4, -0.2) is 41.8 Å². The van der Waals surface area contributed by atoms with Gasteiger partial charge in [0.25, 0.3) is 0 Å². The fraction of sp³-hybridized carbons (Fsp3) is 0.538. The Labute approximate surface area is 131 Å². The molecule has 0 radical (unpaired) electrons. The third-order valence-electron chi connectivity index (χ3n) is 3.02. The maximum Gasteiger partial charge on any atom is 0.177 e. The molecule has 1 N–H and O–H groups in total. The smallest absolute Gasteiger partial charge is 0.177 e. The average Bonchev–Trinajstić information content (AvgIpc) is 2.34. The van der Waals surface area contributed by atoms with Gasteiger partial charge in [-0.05, 0) is 30.5 Å². The Morgan fingerprint density at radius 3 is 2.24 bits per heavy atom. The van der Waals surface area contributed by atoms with Gasteiger partial charge in [-0.3, -0.25) is 0 Å². The first-order valence-electron chi connectivity index (χ1n) is 6.39. The van der Waals surface area contributed by atoms with Crippen LogP contribution in [0.4, 0.5) is 5.69 Å². The molecule has 1 rings (SSSR count). The molecule has 1 atom stereocenters. The zero-order chi connectivity index (χ0) is 16.3. The number of benzene rings is 1. The lowest BCUT2D eigenvalue weighted by molar-refractivity contribution is 0.592. The lowest BCUT2D eigenvalue weighted by Gasteiger charge is -2.15. The predicted octanol–water partition coefficient (Wildman–Crippen LogP) is 2.17. The van der Waals surface area contributed by atoms with Gasteiger partial charge in [0.2, 0.25) is 0 Å². The first-order chi connectivity index (χ1) is 9.55. The maximum absolute atomic E-state index is 11.8. The fourth-order valence-corrected chi connectivity index (χ4v) is 3.73. The van der Waals surface area contributed by atoms with Crippen molar-refractivity contribution in [3.05, 3.63) is 18.2 Å². The molecule has 1 unspecified atom stereocenters. The zero-order valence-electron chi connectivity index (χ0n) is 12.3. The maximum atomic E-state index is 11.8. The van der Waals surface area contributed by atoms with Crippen LogP contribution in [0.3, 0.4) is 0 Å². The van der Waals surface area contributed by atoms with Crippen LogP contribution < -0.4 is 5.32 Å². The molecule has 0 aliphatic rings. The summed E-state index contributed by atoms with van der Waals surface area (Å²) in [5.74, 6) is 0.818. The Balaban J connectivity index is 3.16. The Kier molecular flexibility index (Phi) is 6.07. The lowest BCUT2D eigenvalue weighted by atomic mass is 10.1. The summed E-state index contributed by atoms with van der Waals surface area (Å²) in [7, 11) is -6.98. The van der Waals surface area contributed by atoms with Gasteiger partial charge < -0.3 is 5.32 Å². The number of hydrogen-bond donors (Lipinski definition) is 1. The number of anilines is 1. The summed E-state index contributed by atoms with van der Waals surface area (Å²) in [4.78, 5) is -0.0224. The molecule has 0 amide bonds. The molecule has 5 nitrogen and oxygen atoms in total. The van der Waals surface area contributed by atoms with Crippen molar-refractivity contribution in [2.24, 2.45) is 5.92 Å². The van der Waals surface area contributed by atoms with E-state index < -0.39 is 19.7 Å². The Morgan fingerprint density at radius 2 is 1.76 bits per heavy atom. The van der Waals surface area contributed by atoms with Gasteiger partial charge in [-0.2, -0.15) is 0 Å². The van der Waals surface area contributed by atoms with Crippen molar-refractivity contribution < 1.29 is 16.8 Å². The third-order valence-corrected chi connectivity index (χ3v) is 5.49. The van der Waals surface area contributed by atoms with Crippen LogP contribution in [-0.2, 0) is 19.7 Å². The molecular weight excluding hydrogens is 334 g/mol. The number of hydrogen-bond acceptors (Lipinski definition) is 5. The molecule has 8 heteroatoms. The van der Waals surface area contributed by atoms with E-state index in [1.54, 1.807) is 0 Å². The molecular formula is C13H20ClNO4S2. The van der Waals surface area contributed by atoms with Crippen molar-refractivity contribution in [1.29, 1.82) is 0 Å². The van der Waals surface area contributed by atoms with Gasteiger partial charge in [0.1, 0.15) is 0 Å². The van der Waals surface area contributed by atoms with Crippen molar-refractivity contribution in [2.75, 3.05) is 30.3 Å². The van der Waals surface area contributed by atoms with Gasteiger partial charge in [0, 0.05) is 24.9 Å². The predicted molar refractivity (Wildman–Crippen MR) is 85.7 cm³/mol. The van der Waals surface area contributed by atoms with Gasteiger partial charge >= 0.3 is 0 Å². The molecule has 1 aromatic rings. The van der Waals surface area contributed by atoms with E-state index in [1.807, 2.05) is 6.92 Å². The summed E-state index contributed by atoms with van der Waals surface area (Å²) in [5.41, 5.74) is 0.409. The first-order valence-corrected chi connectivity index (χ1v) is 10.7. The first kappa shape index (κ1) is 18.3. The largest absolute Gasteiger partial charge is 0.384 e. The van der Waals surface area contributed by atoms with Crippen molar-refractivity contribution in [1.82, 2.24) is 0 Å². The summed E-state index contributed by atoms with van der Waals surface area (Å²) in [6, 6.07) is 4.08. The topological polar surface area (TPSA) is 80.3 Å². The molecule has 0 saturated carbocycles. The summed E-state index contributed by atoms with van der Waals surface area (Å²) >= 11 is 5.66. The second-order valence-electron chi connectivity index (χ2n) is 5.17. The second kappa shape index (κ2) is 6.98. The zero-order valence-corrected chi connectivity index (χ0v) is 14.6. The number of halogens is 1. The summed E-state index contributed by atoms with van der Waals surface area (Å²) in [6.07, 6.45) is 2.91. The molecule has 0 fully saturated rings. The van der Waals surface area contributed by atoms with Gasteiger partial charge in [0.15, 0.2) is 19.7 Å². The van der Waals surface area contributed by atoms with Crippen molar-refractivity contribution in [2.45, 2.75) is 23.1 Å². The minimum atomic E-state index is -3.53. The molecule has 120 valence electrons. The molecule has 1 aromatic carbocycles. The Morgan fingerprint density at radius 1 is 1.14 bits per heavy atom. The van der Waals surface area contributed by atoms with E-state index in [-0.39, 0.29) is 15.7 Å². The Hall–Kier alpha value is -0.790.